The van der Waals surface area contributed by atoms with Crippen LogP contribution in [0.5, 0.6) is 0 Å². The van der Waals surface area contributed by atoms with Crippen LogP contribution in [0.2, 0.25) is 0 Å². The number of aromatic nitrogens is 2. The second-order valence-electron chi connectivity index (χ2n) is 7.52. The Bertz CT molecular complexity index is 648. The summed E-state index contributed by atoms with van der Waals surface area (Å²) in [7, 11) is 0. The lowest BCUT2D eigenvalue weighted by Gasteiger charge is -2.35. The Balaban J connectivity index is 1.76. The molecule has 1 aliphatic heterocycles. The Hall–Kier alpha value is -1.49. The fraction of sp³-hybridized carbons (Fsp3) is 0.688. The third-order valence-electron chi connectivity index (χ3n) is 5.75. The van der Waals surface area contributed by atoms with Crippen LogP contribution < -0.4 is 5.01 Å². The van der Waals surface area contributed by atoms with Crippen molar-refractivity contribution < 1.29 is 5.11 Å². The molecule has 0 aromatic carbocycles. The average Bonchev–Trinajstić information content (AvgIpc) is 2.69. The first-order chi connectivity index (χ1) is 9.75. The molecule has 0 radical (unpaired) electrons. The molecule has 21 heavy (non-hydrogen) atoms. The SMILES string of the molecule is CC1=NN(c2nc(C)cc(C)n2)[C@@]2(O)C[C@H]3[C@@H]([C@@H]12)C3(C)C. The second kappa shape index (κ2) is 3.64. The molecular weight excluding hydrogens is 264 g/mol. The van der Waals surface area contributed by atoms with Crippen LogP contribution in [0.4, 0.5) is 5.95 Å². The lowest BCUT2D eigenvalue weighted by atomic mass is 9.84. The van der Waals surface area contributed by atoms with Crippen molar-refractivity contribution in [3.63, 3.8) is 0 Å². The summed E-state index contributed by atoms with van der Waals surface area (Å²) in [6, 6.07) is 1.94. The van der Waals surface area contributed by atoms with E-state index in [1.807, 2.05) is 26.8 Å². The molecule has 2 fully saturated rings. The van der Waals surface area contributed by atoms with Crippen molar-refractivity contribution in [2.75, 3.05) is 5.01 Å². The summed E-state index contributed by atoms with van der Waals surface area (Å²) < 4.78 is 0. The highest BCUT2D eigenvalue weighted by Crippen LogP contribution is 2.73. The molecule has 1 N–H and O–H groups in total. The van der Waals surface area contributed by atoms with Crippen LogP contribution in [0.3, 0.4) is 0 Å². The van der Waals surface area contributed by atoms with Gasteiger partial charge in [-0.2, -0.15) is 10.1 Å². The van der Waals surface area contributed by atoms with E-state index >= 15 is 0 Å². The maximum atomic E-state index is 11.3. The topological polar surface area (TPSA) is 61.6 Å². The smallest absolute Gasteiger partial charge is 0.249 e. The lowest BCUT2D eigenvalue weighted by Crippen LogP contribution is -2.49. The number of hydrogen-bond acceptors (Lipinski definition) is 5. The van der Waals surface area contributed by atoms with Crippen molar-refractivity contribution in [2.24, 2.45) is 28.3 Å². The monoisotopic (exact) mass is 286 g/mol. The Morgan fingerprint density at radius 2 is 1.81 bits per heavy atom. The predicted octanol–water partition coefficient (Wildman–Crippen LogP) is 2.27. The van der Waals surface area contributed by atoms with Gasteiger partial charge >= 0.3 is 0 Å². The summed E-state index contributed by atoms with van der Waals surface area (Å²) in [5.74, 6) is 1.74. The molecule has 0 saturated heterocycles. The Morgan fingerprint density at radius 3 is 2.43 bits per heavy atom. The highest BCUT2D eigenvalue weighted by atomic mass is 16.3. The van der Waals surface area contributed by atoms with E-state index < -0.39 is 5.72 Å². The Labute approximate surface area is 125 Å². The number of aliphatic hydroxyl groups is 1. The van der Waals surface area contributed by atoms with Gasteiger partial charge in [-0.1, -0.05) is 13.8 Å². The number of rotatable bonds is 1. The molecule has 1 aromatic rings. The van der Waals surface area contributed by atoms with E-state index in [0.717, 1.165) is 23.5 Å². The number of hydrazone groups is 1. The number of fused-ring (bicyclic) bond motifs is 3. The van der Waals surface area contributed by atoms with Crippen molar-refractivity contribution in [1.29, 1.82) is 0 Å². The molecular formula is C16H22N4O. The van der Waals surface area contributed by atoms with Crippen LogP contribution in [-0.4, -0.2) is 26.5 Å². The number of nitrogens with zero attached hydrogens (tertiary/aromatic N) is 4. The minimum absolute atomic E-state index is 0.113. The molecule has 0 amide bonds. The molecule has 2 aliphatic carbocycles. The van der Waals surface area contributed by atoms with Gasteiger partial charge in [0.15, 0.2) is 5.72 Å². The molecule has 4 rings (SSSR count). The van der Waals surface area contributed by atoms with Gasteiger partial charge in [0.2, 0.25) is 5.95 Å². The van der Waals surface area contributed by atoms with Crippen molar-refractivity contribution >= 4 is 11.7 Å². The van der Waals surface area contributed by atoms with Gasteiger partial charge < -0.3 is 5.11 Å². The second-order valence-corrected chi connectivity index (χ2v) is 7.52. The van der Waals surface area contributed by atoms with Gasteiger partial charge in [0.1, 0.15) is 0 Å². The fourth-order valence-electron chi connectivity index (χ4n) is 4.72. The fourth-order valence-corrected chi connectivity index (χ4v) is 4.72. The molecule has 0 unspecified atom stereocenters. The van der Waals surface area contributed by atoms with E-state index in [1.165, 1.54) is 0 Å². The van der Waals surface area contributed by atoms with E-state index in [0.29, 0.717) is 23.2 Å². The molecule has 112 valence electrons. The third-order valence-corrected chi connectivity index (χ3v) is 5.75. The number of aryl methyl sites for hydroxylation is 2. The van der Waals surface area contributed by atoms with E-state index in [4.69, 9.17) is 0 Å². The molecule has 0 bridgehead atoms. The van der Waals surface area contributed by atoms with Crippen molar-refractivity contribution in [3.05, 3.63) is 17.5 Å². The summed E-state index contributed by atoms with van der Waals surface area (Å²) >= 11 is 0. The zero-order chi connectivity index (χ0) is 15.2. The Morgan fingerprint density at radius 1 is 1.19 bits per heavy atom. The summed E-state index contributed by atoms with van der Waals surface area (Å²) in [5.41, 5.74) is 2.21. The minimum Gasteiger partial charge on any atom is -0.368 e. The average molecular weight is 286 g/mol. The van der Waals surface area contributed by atoms with E-state index in [1.54, 1.807) is 5.01 Å². The van der Waals surface area contributed by atoms with Gasteiger partial charge in [0.25, 0.3) is 0 Å². The van der Waals surface area contributed by atoms with Crippen LogP contribution in [-0.2, 0) is 0 Å². The molecule has 2 saturated carbocycles. The summed E-state index contributed by atoms with van der Waals surface area (Å²) in [4.78, 5) is 8.96. The van der Waals surface area contributed by atoms with Crippen LogP contribution >= 0.6 is 0 Å². The quantitative estimate of drug-likeness (QED) is 0.860. The first-order valence-electron chi connectivity index (χ1n) is 7.65. The zero-order valence-electron chi connectivity index (χ0n) is 13.3. The first-order valence-corrected chi connectivity index (χ1v) is 7.65. The predicted molar refractivity (Wildman–Crippen MR) is 80.9 cm³/mol. The van der Waals surface area contributed by atoms with Crippen LogP contribution in [0.25, 0.3) is 0 Å². The van der Waals surface area contributed by atoms with Gasteiger partial charge in [0.05, 0.1) is 5.92 Å². The molecule has 0 spiro atoms. The van der Waals surface area contributed by atoms with E-state index in [-0.39, 0.29) is 5.92 Å². The van der Waals surface area contributed by atoms with Gasteiger partial charge in [-0.05, 0) is 44.1 Å². The van der Waals surface area contributed by atoms with Crippen molar-refractivity contribution in [1.82, 2.24) is 9.97 Å². The van der Waals surface area contributed by atoms with Gasteiger partial charge in [0, 0.05) is 23.5 Å². The van der Waals surface area contributed by atoms with Crippen LogP contribution in [0.15, 0.2) is 11.2 Å². The van der Waals surface area contributed by atoms with Gasteiger partial charge in [-0.3, -0.25) is 0 Å². The molecule has 1 aromatic heterocycles. The van der Waals surface area contributed by atoms with Gasteiger partial charge in [-0.15, -0.1) is 0 Å². The van der Waals surface area contributed by atoms with Crippen molar-refractivity contribution in [2.45, 2.75) is 46.8 Å². The largest absolute Gasteiger partial charge is 0.368 e. The summed E-state index contributed by atoms with van der Waals surface area (Å²) in [6.45, 7) is 10.5. The maximum Gasteiger partial charge on any atom is 0.249 e. The third kappa shape index (κ3) is 1.53. The number of anilines is 1. The van der Waals surface area contributed by atoms with Crippen LogP contribution in [0, 0.1) is 37.0 Å². The van der Waals surface area contributed by atoms with E-state index in [9.17, 15) is 5.11 Å². The first kappa shape index (κ1) is 13.2. The zero-order valence-corrected chi connectivity index (χ0v) is 13.3. The molecule has 5 heteroatoms. The molecule has 3 aliphatic rings. The van der Waals surface area contributed by atoms with Crippen LogP contribution in [0.1, 0.15) is 38.6 Å². The highest BCUT2D eigenvalue weighted by Gasteiger charge is 2.75. The normalized spacial score (nSPS) is 39.0. The summed E-state index contributed by atoms with van der Waals surface area (Å²) in [5, 5.41) is 17.6. The standard InChI is InChI=1S/C16H22N4O/c1-8-6-9(2)18-14(17-8)20-16(21)7-11-13(15(11,4)5)12(16)10(3)19-20/h6,11-13,21H,7H2,1-5H3/t11-,12+,13-,16+/m0/s1. The Kier molecular flexibility index (Phi) is 2.28. The number of hydrogen-bond donors (Lipinski definition) is 1. The maximum absolute atomic E-state index is 11.3. The highest BCUT2D eigenvalue weighted by molar-refractivity contribution is 5.90. The lowest BCUT2D eigenvalue weighted by molar-refractivity contribution is 0.00554. The summed E-state index contributed by atoms with van der Waals surface area (Å²) in [6.07, 6.45) is 0.756. The van der Waals surface area contributed by atoms with Gasteiger partial charge in [-0.25, -0.2) is 9.97 Å². The molecule has 4 atom stereocenters. The molecule has 5 nitrogen and oxygen atoms in total. The molecule has 2 heterocycles. The van der Waals surface area contributed by atoms with E-state index in [2.05, 4.69) is 28.9 Å². The minimum atomic E-state index is -0.935. The van der Waals surface area contributed by atoms with Crippen molar-refractivity contribution in [3.8, 4) is 0 Å².